The number of non-ortho nitro benzene ring substituents is 1. The highest BCUT2D eigenvalue weighted by molar-refractivity contribution is 6.32. The second-order valence-electron chi connectivity index (χ2n) is 11.1. The lowest BCUT2D eigenvalue weighted by atomic mass is 9.52. The smallest absolute Gasteiger partial charge is 0.270 e. The van der Waals surface area contributed by atoms with Crippen molar-refractivity contribution in [2.24, 2.45) is 35.1 Å². The average molecular weight is 565 g/mol. The lowest BCUT2D eigenvalue weighted by Gasteiger charge is -2.52. The summed E-state index contributed by atoms with van der Waals surface area (Å²) in [6.07, 6.45) is -0.0973. The van der Waals surface area contributed by atoms with Crippen molar-refractivity contribution in [3.05, 3.63) is 57.1 Å². The Bertz CT molecular complexity index is 1570. The van der Waals surface area contributed by atoms with Crippen LogP contribution in [0.3, 0.4) is 0 Å². The Morgan fingerprint density at radius 1 is 1.17 bits per heavy atom. The van der Waals surface area contributed by atoms with Crippen LogP contribution in [0.4, 0.5) is 5.69 Å². The van der Waals surface area contributed by atoms with Crippen molar-refractivity contribution in [1.29, 1.82) is 0 Å². The first-order valence-corrected chi connectivity index (χ1v) is 12.9. The molecular formula is C28H28N4O9. The average Bonchev–Trinajstić information content (AvgIpc) is 2.90. The van der Waals surface area contributed by atoms with Gasteiger partial charge in [0.05, 0.1) is 22.4 Å². The molecule has 3 aliphatic carbocycles. The molecule has 2 fully saturated rings. The summed E-state index contributed by atoms with van der Waals surface area (Å²) < 4.78 is 0. The number of carbonyl (C=O) groups excluding carboxylic acids is 5. The minimum Gasteiger partial charge on any atom is -0.507 e. The van der Waals surface area contributed by atoms with Crippen LogP contribution in [0.15, 0.2) is 30.3 Å². The summed E-state index contributed by atoms with van der Waals surface area (Å²) in [6, 6.07) is 6.02. The normalized spacial score (nSPS) is 29.1. The molecule has 2 aromatic carbocycles. The fourth-order valence-corrected chi connectivity index (χ4v) is 6.93. The van der Waals surface area contributed by atoms with Crippen LogP contribution >= 0.6 is 0 Å². The molecule has 214 valence electrons. The van der Waals surface area contributed by atoms with Crippen LogP contribution in [0, 0.1) is 33.8 Å². The molecule has 13 nitrogen and oxygen atoms in total. The maximum Gasteiger partial charge on any atom is 0.270 e. The van der Waals surface area contributed by atoms with E-state index in [9.17, 15) is 44.3 Å². The number of rotatable bonds is 5. The molecule has 2 saturated carbocycles. The minimum absolute atomic E-state index is 0.0161. The number of amides is 1. The van der Waals surface area contributed by atoms with Crippen LogP contribution in [-0.4, -0.2) is 74.8 Å². The van der Waals surface area contributed by atoms with E-state index in [1.54, 1.807) is 6.07 Å². The van der Waals surface area contributed by atoms with Gasteiger partial charge in [-0.2, -0.15) is 0 Å². The number of nitrogens with zero attached hydrogens (tertiary/aromatic N) is 2. The highest BCUT2D eigenvalue weighted by Gasteiger charge is 2.69. The van der Waals surface area contributed by atoms with E-state index in [1.165, 1.54) is 43.3 Å². The van der Waals surface area contributed by atoms with Crippen LogP contribution in [0.25, 0.3) is 11.1 Å². The maximum absolute atomic E-state index is 14.0. The van der Waals surface area contributed by atoms with Crippen molar-refractivity contribution < 1.29 is 39.1 Å². The Hall–Kier alpha value is -4.33. The van der Waals surface area contributed by atoms with Crippen LogP contribution in [0.5, 0.6) is 5.75 Å². The van der Waals surface area contributed by atoms with Crippen LogP contribution in [0.2, 0.25) is 0 Å². The monoisotopic (exact) mass is 564 g/mol. The largest absolute Gasteiger partial charge is 0.507 e. The number of fused-ring (bicyclic) bond motifs is 3. The second kappa shape index (κ2) is 9.65. The first kappa shape index (κ1) is 28.2. The van der Waals surface area contributed by atoms with Gasteiger partial charge in [0.15, 0.2) is 34.7 Å². The number of Topliss-reactive ketones (excluding diaryl/α,β-unsaturated/α-hetero) is 4. The zero-order chi connectivity index (χ0) is 30.1. The van der Waals surface area contributed by atoms with Gasteiger partial charge in [0.2, 0.25) is 5.91 Å². The maximum atomic E-state index is 14.0. The standard InChI is InChI=1S/C28H28N4O9/c1-31(2)21-17-9-12-7-16-15(11-4-3-5-14(6-11)32(40)41)8-13(10-29)22(33)19(16)23(34)18(12)25(36)28(17,39)26(37)20(24(21)35)27(30)38/h3-6,8,12,17-18,20-21,33,39H,7,9-10,29H2,1-2H3,(H2,30,38)/t12-,17-,18?,20?,21-,28-/m1/s1. The number of hydrogen-bond donors (Lipinski definition) is 4. The summed E-state index contributed by atoms with van der Waals surface area (Å²) >= 11 is 0. The summed E-state index contributed by atoms with van der Waals surface area (Å²) in [6.45, 7) is -0.201. The fraction of sp³-hybridized carbons (Fsp3) is 0.393. The van der Waals surface area contributed by atoms with E-state index in [0.29, 0.717) is 16.7 Å². The molecule has 0 aliphatic heterocycles. The quantitative estimate of drug-likeness (QED) is 0.213. The van der Waals surface area contributed by atoms with E-state index < -0.39 is 75.0 Å². The van der Waals surface area contributed by atoms with Crippen molar-refractivity contribution in [1.82, 2.24) is 4.90 Å². The summed E-state index contributed by atoms with van der Waals surface area (Å²) in [5.74, 6) is -11.6. The zero-order valence-electron chi connectivity index (χ0n) is 22.2. The van der Waals surface area contributed by atoms with E-state index in [0.717, 1.165) is 0 Å². The number of hydrogen-bond acceptors (Lipinski definition) is 11. The molecule has 0 spiro atoms. The van der Waals surface area contributed by atoms with Crippen molar-refractivity contribution in [2.75, 3.05) is 14.1 Å². The van der Waals surface area contributed by atoms with E-state index in [4.69, 9.17) is 11.5 Å². The molecule has 2 aromatic rings. The van der Waals surface area contributed by atoms with Gasteiger partial charge in [0, 0.05) is 30.2 Å². The number of ketones is 4. The van der Waals surface area contributed by atoms with Crippen molar-refractivity contribution in [3.8, 4) is 16.9 Å². The molecule has 13 heteroatoms. The van der Waals surface area contributed by atoms with E-state index in [2.05, 4.69) is 0 Å². The number of carbonyl (C=O) groups is 5. The van der Waals surface area contributed by atoms with Gasteiger partial charge in [0.1, 0.15) is 5.75 Å². The minimum atomic E-state index is -2.83. The third-order valence-corrected chi connectivity index (χ3v) is 8.73. The summed E-state index contributed by atoms with van der Waals surface area (Å²) in [7, 11) is 3.00. The number of nitrogens with two attached hydrogens (primary N) is 2. The first-order valence-electron chi connectivity index (χ1n) is 12.9. The lowest BCUT2D eigenvalue weighted by molar-refractivity contribution is -0.384. The topological polar surface area (TPSA) is 224 Å². The Kier molecular flexibility index (Phi) is 6.64. The van der Waals surface area contributed by atoms with Crippen LogP contribution in [-0.2, 0) is 32.1 Å². The third-order valence-electron chi connectivity index (χ3n) is 8.73. The molecule has 41 heavy (non-hydrogen) atoms. The summed E-state index contributed by atoms with van der Waals surface area (Å²) in [4.78, 5) is 79.0. The Morgan fingerprint density at radius 3 is 2.44 bits per heavy atom. The Labute approximate surface area is 233 Å². The van der Waals surface area contributed by atoms with E-state index in [1.807, 2.05) is 0 Å². The summed E-state index contributed by atoms with van der Waals surface area (Å²) in [5, 5.41) is 34.2. The van der Waals surface area contributed by atoms with Gasteiger partial charge in [-0.25, -0.2) is 0 Å². The van der Waals surface area contributed by atoms with Gasteiger partial charge in [-0.15, -0.1) is 0 Å². The van der Waals surface area contributed by atoms with E-state index in [-0.39, 0.29) is 36.2 Å². The van der Waals surface area contributed by atoms with Gasteiger partial charge in [-0.3, -0.25) is 39.0 Å². The number of nitro benzene ring substituents is 1. The van der Waals surface area contributed by atoms with Crippen molar-refractivity contribution in [2.45, 2.75) is 31.0 Å². The molecule has 3 aliphatic rings. The zero-order valence-corrected chi connectivity index (χ0v) is 22.2. The molecule has 0 heterocycles. The SMILES string of the molecule is CN(C)[C@H]1C(=O)C(C(N)=O)C(=O)[C@]2(O)C(=O)C3C(=O)c4c(O)c(CN)cc(-c5cccc([N+](=O)[O-])c5)c4C[C@@H]3C[C@H]12. The number of primary amides is 1. The number of phenolic OH excluding ortho intramolecular Hbond substituents is 1. The molecule has 6 atom stereocenters. The van der Waals surface area contributed by atoms with Crippen molar-refractivity contribution in [3.63, 3.8) is 0 Å². The molecule has 2 unspecified atom stereocenters. The number of benzene rings is 2. The Balaban J connectivity index is 1.70. The number of aromatic hydroxyl groups is 1. The number of likely N-dealkylation sites (N-methyl/N-ethyl adjacent to an activating group) is 1. The second-order valence-corrected chi connectivity index (χ2v) is 11.1. The van der Waals surface area contributed by atoms with Gasteiger partial charge in [0.25, 0.3) is 5.69 Å². The molecule has 0 saturated heterocycles. The highest BCUT2D eigenvalue weighted by atomic mass is 16.6. The van der Waals surface area contributed by atoms with Gasteiger partial charge < -0.3 is 21.7 Å². The molecule has 0 aromatic heterocycles. The van der Waals surface area contributed by atoms with Crippen LogP contribution in [0.1, 0.15) is 27.9 Å². The molecular weight excluding hydrogens is 536 g/mol. The molecule has 5 rings (SSSR count). The predicted molar refractivity (Wildman–Crippen MR) is 141 cm³/mol. The third kappa shape index (κ3) is 3.91. The lowest BCUT2D eigenvalue weighted by Crippen LogP contribution is -2.74. The predicted octanol–water partition coefficient (Wildman–Crippen LogP) is -0.0991. The number of nitro groups is 1. The first-order chi connectivity index (χ1) is 19.2. The molecule has 1 amide bonds. The molecule has 0 radical (unpaired) electrons. The Morgan fingerprint density at radius 2 is 1.85 bits per heavy atom. The van der Waals surface area contributed by atoms with Crippen LogP contribution < -0.4 is 11.5 Å². The van der Waals surface area contributed by atoms with Gasteiger partial charge in [-0.05, 0) is 55.6 Å². The number of aliphatic hydroxyl groups is 1. The summed E-state index contributed by atoms with van der Waals surface area (Å²) in [5.41, 5.74) is 9.17. The van der Waals surface area contributed by atoms with Gasteiger partial charge >= 0.3 is 0 Å². The fourth-order valence-electron chi connectivity index (χ4n) is 6.93. The highest BCUT2D eigenvalue weighted by Crippen LogP contribution is 2.52. The number of phenols is 1. The molecule has 0 bridgehead atoms. The van der Waals surface area contributed by atoms with Gasteiger partial charge in [-0.1, -0.05) is 12.1 Å². The van der Waals surface area contributed by atoms with Crippen molar-refractivity contribution >= 4 is 34.7 Å². The molecule has 6 N–H and O–H groups in total. The van der Waals surface area contributed by atoms with E-state index >= 15 is 0 Å².